The molecule has 1 aromatic carbocycles. The lowest BCUT2D eigenvalue weighted by Crippen LogP contribution is -2.14. The number of amides is 1. The molecule has 9 heteroatoms. The maximum Gasteiger partial charge on any atom is 0.279 e. The Morgan fingerprint density at radius 2 is 2.04 bits per heavy atom. The minimum Gasteiger partial charge on any atom is -0.288 e. The summed E-state index contributed by atoms with van der Waals surface area (Å²) in [5.41, 5.74) is 2.54. The third kappa shape index (κ3) is 3.67. The van der Waals surface area contributed by atoms with Crippen molar-refractivity contribution in [1.82, 2.24) is 25.0 Å². The van der Waals surface area contributed by atoms with Gasteiger partial charge in [-0.3, -0.25) is 15.2 Å². The first-order valence-corrected chi connectivity index (χ1v) is 8.27. The summed E-state index contributed by atoms with van der Waals surface area (Å²) in [5, 5.41) is 13.4. The van der Waals surface area contributed by atoms with Crippen molar-refractivity contribution in [2.45, 2.75) is 13.5 Å². The molecule has 0 saturated carbocycles. The lowest BCUT2D eigenvalue weighted by molar-refractivity contribution is 0.102. The van der Waals surface area contributed by atoms with E-state index in [0.717, 1.165) is 5.56 Å². The Labute approximate surface area is 148 Å². The van der Waals surface area contributed by atoms with Crippen molar-refractivity contribution in [3.63, 3.8) is 0 Å². The molecule has 3 rings (SSSR count). The molecule has 2 heterocycles. The van der Waals surface area contributed by atoms with Crippen LogP contribution >= 0.6 is 31.9 Å². The smallest absolute Gasteiger partial charge is 0.279 e. The van der Waals surface area contributed by atoms with Crippen LogP contribution in [0.1, 0.15) is 21.6 Å². The fourth-order valence-corrected chi connectivity index (χ4v) is 2.56. The average molecular weight is 440 g/mol. The van der Waals surface area contributed by atoms with Gasteiger partial charge < -0.3 is 0 Å². The van der Waals surface area contributed by atoms with Crippen molar-refractivity contribution in [3.05, 3.63) is 56.5 Å². The van der Waals surface area contributed by atoms with Gasteiger partial charge in [-0.2, -0.15) is 5.10 Å². The van der Waals surface area contributed by atoms with Crippen LogP contribution in [0.5, 0.6) is 0 Å². The van der Waals surface area contributed by atoms with Crippen LogP contribution in [0.4, 0.5) is 5.95 Å². The molecule has 0 saturated heterocycles. The average Bonchev–Trinajstić information content (AvgIpc) is 3.09. The van der Waals surface area contributed by atoms with E-state index in [1.54, 1.807) is 11.0 Å². The van der Waals surface area contributed by atoms with E-state index in [1.807, 2.05) is 31.2 Å². The fourth-order valence-electron chi connectivity index (χ4n) is 1.93. The fraction of sp³-hybridized carbons (Fsp3) is 0.143. The number of halogens is 2. The molecule has 0 fully saturated rings. The number of carbonyl (C=O) groups excluding carboxylic acids is 1. The molecular weight excluding hydrogens is 428 g/mol. The first-order valence-electron chi connectivity index (χ1n) is 6.68. The zero-order valence-corrected chi connectivity index (χ0v) is 15.2. The van der Waals surface area contributed by atoms with Crippen molar-refractivity contribution in [1.29, 1.82) is 0 Å². The molecule has 0 aliphatic carbocycles. The molecule has 0 aliphatic heterocycles. The van der Waals surface area contributed by atoms with Crippen molar-refractivity contribution >= 4 is 43.7 Å². The third-order valence-electron chi connectivity index (χ3n) is 3.11. The molecule has 23 heavy (non-hydrogen) atoms. The summed E-state index contributed by atoms with van der Waals surface area (Å²) < 4.78 is 2.81. The first kappa shape index (κ1) is 15.9. The van der Waals surface area contributed by atoms with Gasteiger partial charge in [-0.1, -0.05) is 29.8 Å². The molecule has 2 aromatic heterocycles. The van der Waals surface area contributed by atoms with E-state index >= 15 is 0 Å². The maximum atomic E-state index is 12.1. The Morgan fingerprint density at radius 1 is 1.30 bits per heavy atom. The molecule has 0 bridgehead atoms. The van der Waals surface area contributed by atoms with Crippen LogP contribution in [-0.4, -0.2) is 30.9 Å². The van der Waals surface area contributed by atoms with E-state index in [4.69, 9.17) is 0 Å². The standard InChI is InChI=1S/C14H12Br2N6O/c1-8-2-4-9(5-3-8)6-22-7-17-14(21-22)18-13(23)11-10(15)12(16)20-19-11/h2-5,7H,6H2,1H3,(H,19,20)(H,18,21,23). The summed E-state index contributed by atoms with van der Waals surface area (Å²) >= 11 is 6.51. The van der Waals surface area contributed by atoms with Gasteiger partial charge in [-0.25, -0.2) is 9.67 Å². The van der Waals surface area contributed by atoms with Crippen molar-refractivity contribution in [2.75, 3.05) is 5.32 Å². The molecule has 7 nitrogen and oxygen atoms in total. The third-order valence-corrected chi connectivity index (χ3v) is 4.99. The Hall–Kier alpha value is -2.00. The number of benzene rings is 1. The highest BCUT2D eigenvalue weighted by Crippen LogP contribution is 2.24. The SMILES string of the molecule is Cc1ccc(Cn2cnc(NC(=O)c3n[nH]c(Br)c3Br)n2)cc1. The zero-order chi connectivity index (χ0) is 16.4. The van der Waals surface area contributed by atoms with Crippen LogP contribution in [0.3, 0.4) is 0 Å². The number of hydrogen-bond acceptors (Lipinski definition) is 4. The molecule has 0 unspecified atom stereocenters. The molecule has 0 radical (unpaired) electrons. The van der Waals surface area contributed by atoms with E-state index in [2.05, 4.69) is 57.5 Å². The topological polar surface area (TPSA) is 88.5 Å². The summed E-state index contributed by atoms with van der Waals surface area (Å²) in [6.07, 6.45) is 1.57. The molecular formula is C14H12Br2N6O. The quantitative estimate of drug-likeness (QED) is 0.653. The van der Waals surface area contributed by atoms with Gasteiger partial charge in [0.25, 0.3) is 5.91 Å². The van der Waals surface area contributed by atoms with Crippen LogP contribution in [0.25, 0.3) is 0 Å². The van der Waals surface area contributed by atoms with Crippen LogP contribution in [0, 0.1) is 6.92 Å². The minimum absolute atomic E-state index is 0.228. The number of aromatic amines is 1. The summed E-state index contributed by atoms with van der Waals surface area (Å²) in [4.78, 5) is 16.2. The van der Waals surface area contributed by atoms with Gasteiger partial charge >= 0.3 is 0 Å². The highest BCUT2D eigenvalue weighted by atomic mass is 79.9. The Balaban J connectivity index is 1.68. The van der Waals surface area contributed by atoms with Gasteiger partial charge in [-0.15, -0.1) is 5.10 Å². The number of carbonyl (C=O) groups is 1. The lowest BCUT2D eigenvalue weighted by atomic mass is 10.1. The highest BCUT2D eigenvalue weighted by Gasteiger charge is 2.18. The first-order chi connectivity index (χ1) is 11.0. The lowest BCUT2D eigenvalue weighted by Gasteiger charge is -2.01. The molecule has 0 spiro atoms. The normalized spacial score (nSPS) is 10.7. The highest BCUT2D eigenvalue weighted by molar-refractivity contribution is 9.13. The Morgan fingerprint density at radius 3 is 2.70 bits per heavy atom. The van der Waals surface area contributed by atoms with Gasteiger partial charge in [0.2, 0.25) is 5.95 Å². The molecule has 2 N–H and O–H groups in total. The van der Waals surface area contributed by atoms with E-state index < -0.39 is 5.91 Å². The van der Waals surface area contributed by atoms with Crippen LogP contribution < -0.4 is 5.32 Å². The van der Waals surface area contributed by atoms with E-state index in [1.165, 1.54) is 5.56 Å². The maximum absolute atomic E-state index is 12.1. The summed E-state index contributed by atoms with van der Waals surface area (Å²) in [6.45, 7) is 2.62. The largest absolute Gasteiger partial charge is 0.288 e. The van der Waals surface area contributed by atoms with E-state index in [9.17, 15) is 4.79 Å². The molecule has 0 atom stereocenters. The van der Waals surface area contributed by atoms with Crippen LogP contribution in [0.15, 0.2) is 39.7 Å². The number of H-pyrrole nitrogens is 1. The second kappa shape index (κ2) is 6.63. The summed E-state index contributed by atoms with van der Waals surface area (Å²) in [7, 11) is 0. The predicted octanol–water partition coefficient (Wildman–Crippen LogP) is 3.14. The van der Waals surface area contributed by atoms with Crippen LogP contribution in [0.2, 0.25) is 0 Å². The molecule has 1 amide bonds. The number of nitrogens with one attached hydrogen (secondary N) is 2. The number of anilines is 1. The van der Waals surface area contributed by atoms with Gasteiger partial charge in [0.15, 0.2) is 5.69 Å². The minimum atomic E-state index is -0.396. The number of rotatable bonds is 4. The van der Waals surface area contributed by atoms with Gasteiger partial charge in [0.1, 0.15) is 10.9 Å². The van der Waals surface area contributed by atoms with Gasteiger partial charge in [0.05, 0.1) is 11.0 Å². The Bertz CT molecular complexity index is 839. The van der Waals surface area contributed by atoms with Crippen molar-refractivity contribution < 1.29 is 4.79 Å². The number of hydrogen-bond donors (Lipinski definition) is 2. The number of aromatic nitrogens is 5. The monoisotopic (exact) mass is 438 g/mol. The molecule has 118 valence electrons. The van der Waals surface area contributed by atoms with Gasteiger partial charge in [0, 0.05) is 0 Å². The van der Waals surface area contributed by atoms with Crippen molar-refractivity contribution in [3.8, 4) is 0 Å². The zero-order valence-electron chi connectivity index (χ0n) is 12.0. The van der Waals surface area contributed by atoms with Crippen molar-refractivity contribution in [2.24, 2.45) is 0 Å². The van der Waals surface area contributed by atoms with Gasteiger partial charge in [-0.05, 0) is 44.3 Å². The number of aryl methyl sites for hydroxylation is 1. The van der Waals surface area contributed by atoms with E-state index in [-0.39, 0.29) is 11.6 Å². The predicted molar refractivity (Wildman–Crippen MR) is 92.2 cm³/mol. The van der Waals surface area contributed by atoms with Crippen LogP contribution in [-0.2, 0) is 6.54 Å². The number of nitrogens with zero attached hydrogens (tertiary/aromatic N) is 4. The Kier molecular flexibility index (Phi) is 4.58. The summed E-state index contributed by atoms with van der Waals surface area (Å²) in [5.74, 6) is -0.167. The molecule has 0 aliphatic rings. The summed E-state index contributed by atoms with van der Waals surface area (Å²) in [6, 6.07) is 8.16. The second-order valence-corrected chi connectivity index (χ2v) is 6.49. The van der Waals surface area contributed by atoms with E-state index in [0.29, 0.717) is 15.6 Å². The molecule has 3 aromatic rings. The second-order valence-electron chi connectivity index (χ2n) is 4.91.